The van der Waals surface area contributed by atoms with Gasteiger partial charge in [-0.1, -0.05) is 25.8 Å². The van der Waals surface area contributed by atoms with E-state index in [0.717, 1.165) is 43.3 Å². The molecule has 0 bridgehead atoms. The molecule has 3 aromatic heterocycles. The van der Waals surface area contributed by atoms with E-state index in [1.165, 1.54) is 6.07 Å². The third-order valence-corrected chi connectivity index (χ3v) is 6.36. The third kappa shape index (κ3) is 3.61. The molecule has 1 aromatic carbocycles. The first-order valence-electron chi connectivity index (χ1n) is 11.3. The molecule has 6 nitrogen and oxygen atoms in total. The average molecular weight is 432 g/mol. The fraction of sp³-hybridized carbons (Fsp3) is 0.360. The Labute approximate surface area is 186 Å². The summed E-state index contributed by atoms with van der Waals surface area (Å²) in [7, 11) is 0. The fourth-order valence-corrected chi connectivity index (χ4v) is 4.54. The standard InChI is InChI=1S/C25H26FN5O/c1-3-18-13-23(25(32)30-11-6-4-5-8-16(30)2)28-24-15-22(29-31(18)24)19-12-17-9-7-10-27-21(17)14-20(19)26/h7,9-10,12-16H,3-6,8,11H2,1-2H3. The minimum Gasteiger partial charge on any atom is -0.335 e. The number of aromatic nitrogens is 4. The molecule has 1 saturated heterocycles. The predicted molar refractivity (Wildman–Crippen MR) is 122 cm³/mol. The number of fused-ring (bicyclic) bond motifs is 2. The van der Waals surface area contributed by atoms with Gasteiger partial charge in [0.25, 0.3) is 5.91 Å². The van der Waals surface area contributed by atoms with Gasteiger partial charge in [-0.25, -0.2) is 13.9 Å². The number of amides is 1. The maximum absolute atomic E-state index is 14.9. The van der Waals surface area contributed by atoms with Gasteiger partial charge in [-0.15, -0.1) is 0 Å². The number of carbonyl (C=O) groups excluding carboxylic acids is 1. The van der Waals surface area contributed by atoms with Crippen LogP contribution >= 0.6 is 0 Å². The summed E-state index contributed by atoms with van der Waals surface area (Å²) in [5.41, 5.74) is 3.34. The zero-order valence-electron chi connectivity index (χ0n) is 18.4. The molecule has 0 aliphatic carbocycles. The van der Waals surface area contributed by atoms with Crippen molar-refractivity contribution in [3.63, 3.8) is 0 Å². The summed E-state index contributed by atoms with van der Waals surface area (Å²) in [5, 5.41) is 5.48. The van der Waals surface area contributed by atoms with E-state index < -0.39 is 0 Å². The van der Waals surface area contributed by atoms with Crippen LogP contribution in [0.5, 0.6) is 0 Å². The zero-order valence-corrected chi connectivity index (χ0v) is 18.4. The summed E-state index contributed by atoms with van der Waals surface area (Å²) < 4.78 is 16.6. The van der Waals surface area contributed by atoms with Crippen LogP contribution in [-0.2, 0) is 6.42 Å². The monoisotopic (exact) mass is 431 g/mol. The van der Waals surface area contributed by atoms with Gasteiger partial charge >= 0.3 is 0 Å². The lowest BCUT2D eigenvalue weighted by atomic mass is 10.1. The van der Waals surface area contributed by atoms with Crippen molar-refractivity contribution in [3.8, 4) is 11.3 Å². The molecule has 4 aromatic rings. The number of hydrogen-bond acceptors (Lipinski definition) is 4. The molecule has 32 heavy (non-hydrogen) atoms. The fourth-order valence-electron chi connectivity index (χ4n) is 4.54. The highest BCUT2D eigenvalue weighted by molar-refractivity contribution is 5.93. The maximum Gasteiger partial charge on any atom is 0.272 e. The van der Waals surface area contributed by atoms with Gasteiger partial charge in [0, 0.05) is 47.6 Å². The van der Waals surface area contributed by atoms with Crippen LogP contribution < -0.4 is 0 Å². The number of aryl methyl sites for hydroxylation is 1. The highest BCUT2D eigenvalue weighted by Gasteiger charge is 2.25. The first-order chi connectivity index (χ1) is 15.5. The number of hydrogen-bond donors (Lipinski definition) is 0. The normalized spacial score (nSPS) is 17.1. The summed E-state index contributed by atoms with van der Waals surface area (Å²) in [5.74, 6) is -0.422. The molecule has 0 radical (unpaired) electrons. The van der Waals surface area contributed by atoms with Crippen molar-refractivity contribution in [1.29, 1.82) is 0 Å². The summed E-state index contributed by atoms with van der Waals surface area (Å²) in [4.78, 5) is 24.1. The molecule has 1 fully saturated rings. The number of halogens is 1. The second-order valence-corrected chi connectivity index (χ2v) is 8.51. The number of benzene rings is 1. The number of nitrogens with zero attached hydrogens (tertiary/aromatic N) is 5. The van der Waals surface area contributed by atoms with Gasteiger partial charge in [-0.05, 0) is 44.4 Å². The molecule has 5 rings (SSSR count). The summed E-state index contributed by atoms with van der Waals surface area (Å²) in [6, 6.07) is 10.7. The molecule has 1 aliphatic heterocycles. The minimum absolute atomic E-state index is 0.0395. The van der Waals surface area contributed by atoms with E-state index in [9.17, 15) is 9.18 Å². The Morgan fingerprint density at radius 2 is 2.06 bits per heavy atom. The van der Waals surface area contributed by atoms with Gasteiger partial charge in [0.2, 0.25) is 0 Å². The van der Waals surface area contributed by atoms with E-state index in [1.807, 2.05) is 30.0 Å². The van der Waals surface area contributed by atoms with Crippen molar-refractivity contribution in [1.82, 2.24) is 24.5 Å². The van der Waals surface area contributed by atoms with Crippen molar-refractivity contribution in [2.24, 2.45) is 0 Å². The Kier molecular flexibility index (Phi) is 5.33. The molecule has 7 heteroatoms. The molecule has 1 aliphatic rings. The second kappa shape index (κ2) is 8.30. The molecule has 1 unspecified atom stereocenters. The maximum atomic E-state index is 14.9. The van der Waals surface area contributed by atoms with Gasteiger partial charge < -0.3 is 4.90 Å². The van der Waals surface area contributed by atoms with E-state index in [4.69, 9.17) is 0 Å². The predicted octanol–water partition coefficient (Wildman–Crippen LogP) is 5.05. The van der Waals surface area contributed by atoms with Crippen molar-refractivity contribution < 1.29 is 9.18 Å². The Bertz CT molecular complexity index is 1310. The highest BCUT2D eigenvalue weighted by Crippen LogP contribution is 2.28. The van der Waals surface area contributed by atoms with Crippen LogP contribution in [0.4, 0.5) is 4.39 Å². The van der Waals surface area contributed by atoms with Crippen LogP contribution in [0.2, 0.25) is 0 Å². The van der Waals surface area contributed by atoms with Gasteiger partial charge in [0.05, 0.1) is 11.2 Å². The smallest absolute Gasteiger partial charge is 0.272 e. The minimum atomic E-state index is -0.382. The van der Waals surface area contributed by atoms with Crippen molar-refractivity contribution >= 4 is 22.5 Å². The molecular formula is C25H26FN5O. The molecule has 0 spiro atoms. The van der Waals surface area contributed by atoms with Crippen LogP contribution in [0.25, 0.3) is 27.8 Å². The van der Waals surface area contributed by atoms with E-state index in [0.29, 0.717) is 34.5 Å². The molecule has 1 amide bonds. The Balaban J connectivity index is 1.58. The number of carbonyl (C=O) groups is 1. The van der Waals surface area contributed by atoms with Crippen LogP contribution in [0.3, 0.4) is 0 Å². The lowest BCUT2D eigenvalue weighted by Gasteiger charge is -2.27. The molecule has 1 atom stereocenters. The van der Waals surface area contributed by atoms with Crippen LogP contribution in [0, 0.1) is 5.82 Å². The van der Waals surface area contributed by atoms with Gasteiger partial charge in [-0.3, -0.25) is 9.78 Å². The lowest BCUT2D eigenvalue weighted by Crippen LogP contribution is -2.38. The first kappa shape index (κ1) is 20.5. The lowest BCUT2D eigenvalue weighted by molar-refractivity contribution is 0.0692. The van der Waals surface area contributed by atoms with Crippen LogP contribution in [0.1, 0.15) is 55.7 Å². The van der Waals surface area contributed by atoms with E-state index >= 15 is 0 Å². The number of rotatable bonds is 3. The third-order valence-electron chi connectivity index (χ3n) is 6.36. The van der Waals surface area contributed by atoms with Crippen molar-refractivity contribution in [2.45, 2.75) is 52.0 Å². The van der Waals surface area contributed by atoms with Crippen LogP contribution in [0.15, 0.2) is 42.6 Å². The molecule has 164 valence electrons. The highest BCUT2D eigenvalue weighted by atomic mass is 19.1. The molecule has 0 saturated carbocycles. The Hall–Kier alpha value is -3.35. The van der Waals surface area contributed by atoms with Gasteiger partial charge in [0.15, 0.2) is 5.65 Å². The molecule has 4 heterocycles. The van der Waals surface area contributed by atoms with Gasteiger partial charge in [-0.2, -0.15) is 5.10 Å². The molecular weight excluding hydrogens is 405 g/mol. The van der Waals surface area contributed by atoms with E-state index in [-0.39, 0.29) is 17.8 Å². The Morgan fingerprint density at radius 1 is 1.19 bits per heavy atom. The summed E-state index contributed by atoms with van der Waals surface area (Å²) in [6.07, 6.45) is 6.66. The first-order valence-corrected chi connectivity index (χ1v) is 11.3. The van der Waals surface area contributed by atoms with Crippen molar-refractivity contribution in [3.05, 3.63) is 59.8 Å². The van der Waals surface area contributed by atoms with Crippen molar-refractivity contribution in [2.75, 3.05) is 6.54 Å². The van der Waals surface area contributed by atoms with E-state index in [2.05, 4.69) is 22.0 Å². The second-order valence-electron chi connectivity index (χ2n) is 8.51. The Morgan fingerprint density at radius 3 is 2.91 bits per heavy atom. The zero-order chi connectivity index (χ0) is 22.2. The largest absolute Gasteiger partial charge is 0.335 e. The van der Waals surface area contributed by atoms with E-state index in [1.54, 1.807) is 22.8 Å². The number of likely N-dealkylation sites (tertiary alicyclic amines) is 1. The SMILES string of the molecule is CCc1cc(C(=O)N2CCCCCC2C)nc2cc(-c3cc4cccnc4cc3F)nn12. The van der Waals surface area contributed by atoms with Gasteiger partial charge in [0.1, 0.15) is 11.5 Å². The number of pyridine rings is 1. The quantitative estimate of drug-likeness (QED) is 0.455. The average Bonchev–Trinajstić information content (AvgIpc) is 3.11. The van der Waals surface area contributed by atoms with Crippen LogP contribution in [-0.4, -0.2) is 43.0 Å². The summed E-state index contributed by atoms with van der Waals surface area (Å²) >= 11 is 0. The topological polar surface area (TPSA) is 63.4 Å². The summed E-state index contributed by atoms with van der Waals surface area (Å²) in [6.45, 7) is 4.88. The molecule has 0 N–H and O–H groups in total.